The molecule has 0 N–H and O–H groups in total. The van der Waals surface area contributed by atoms with Crippen LogP contribution in [0, 0.1) is 4.91 Å². The number of hydrogen-bond donors (Lipinski definition) is 0. The molecule has 2 heterocycles. The molecule has 0 spiro atoms. The first kappa shape index (κ1) is 18.1. The molecule has 0 saturated heterocycles. The number of alkyl halides is 2. The molecule has 1 aromatic carbocycles. The lowest BCUT2D eigenvalue weighted by molar-refractivity contribution is -0.319. The van der Waals surface area contributed by atoms with Gasteiger partial charge in [0.1, 0.15) is 5.75 Å². The zero-order valence-electron chi connectivity index (χ0n) is 13.8. The zero-order chi connectivity index (χ0) is 18.7. The van der Waals surface area contributed by atoms with Crippen molar-refractivity contribution in [2.75, 3.05) is 14.2 Å². The largest absolute Gasteiger partial charge is 0.493 e. The monoisotopic (exact) mass is 382 g/mol. The summed E-state index contributed by atoms with van der Waals surface area (Å²) in [6.45, 7) is -2.94. The number of amidine groups is 1. The average molecular weight is 382 g/mol. The molecule has 0 aliphatic carbocycles. The normalized spacial score (nSPS) is 12.8. The number of aliphatic imine (C=N–C) groups is 1. The van der Waals surface area contributed by atoms with Crippen molar-refractivity contribution in [1.29, 1.82) is 0 Å². The number of methoxy groups -OCH3 is 2. The molecule has 3 rings (SSSR count). The van der Waals surface area contributed by atoms with Crippen molar-refractivity contribution in [3.05, 3.63) is 41.1 Å². The van der Waals surface area contributed by atoms with E-state index < -0.39 is 6.61 Å². The first-order valence-electron chi connectivity index (χ1n) is 7.37. The van der Waals surface area contributed by atoms with Gasteiger partial charge in [0, 0.05) is 23.1 Å². The lowest BCUT2D eigenvalue weighted by atomic mass is 10.2. The second kappa shape index (κ2) is 7.65. The van der Waals surface area contributed by atoms with E-state index in [0.29, 0.717) is 27.7 Å². The van der Waals surface area contributed by atoms with Crippen LogP contribution in [0.3, 0.4) is 0 Å². The molecule has 0 radical (unpaired) electrons. The van der Waals surface area contributed by atoms with Gasteiger partial charge in [0.2, 0.25) is 11.4 Å². The van der Waals surface area contributed by atoms with Gasteiger partial charge in [-0.3, -0.25) is 4.98 Å². The molecule has 0 fully saturated rings. The molecule has 0 unspecified atom stereocenters. The van der Waals surface area contributed by atoms with Gasteiger partial charge in [0.15, 0.2) is 11.5 Å². The zero-order valence-corrected chi connectivity index (χ0v) is 14.6. The SMILES string of the molecule is COc1ccnc(CSC2=Nc3cc(OC(F)F)ccc3[N+]2=O)c1OC. The van der Waals surface area contributed by atoms with Crippen LogP contribution in [0.5, 0.6) is 17.2 Å². The molecule has 136 valence electrons. The van der Waals surface area contributed by atoms with Crippen molar-refractivity contribution in [3.63, 3.8) is 0 Å². The maximum absolute atomic E-state index is 12.3. The standard InChI is InChI=1S/C16H14F2N3O4S/c1-23-13-5-6-19-11(14(13)24-2)8-26-16-20-10-7-9(25-15(17)18)3-4-12(10)21(16)22/h3-7,15H,8H2,1-2H3/q+1. The van der Waals surface area contributed by atoms with E-state index in [1.165, 1.54) is 32.4 Å². The van der Waals surface area contributed by atoms with E-state index in [1.807, 2.05) is 0 Å². The minimum atomic E-state index is -2.94. The third-order valence-electron chi connectivity index (χ3n) is 3.48. The van der Waals surface area contributed by atoms with E-state index in [2.05, 4.69) is 14.7 Å². The summed E-state index contributed by atoms with van der Waals surface area (Å²) in [7, 11) is 3.02. The number of benzene rings is 1. The number of ether oxygens (including phenoxy) is 3. The highest BCUT2D eigenvalue weighted by Gasteiger charge is 2.35. The van der Waals surface area contributed by atoms with Crippen molar-refractivity contribution in [1.82, 2.24) is 4.98 Å². The van der Waals surface area contributed by atoms with Crippen molar-refractivity contribution in [3.8, 4) is 17.2 Å². The molecule has 1 aromatic heterocycles. The molecular formula is C16H14F2N3O4S+. The second-order valence-corrected chi connectivity index (χ2v) is 5.94. The van der Waals surface area contributed by atoms with Crippen LogP contribution in [-0.4, -0.2) is 35.7 Å². The van der Waals surface area contributed by atoms with Gasteiger partial charge in [-0.1, -0.05) is 4.91 Å². The number of fused-ring (bicyclic) bond motifs is 1. The van der Waals surface area contributed by atoms with Crippen LogP contribution in [0.25, 0.3) is 0 Å². The van der Waals surface area contributed by atoms with Gasteiger partial charge >= 0.3 is 11.8 Å². The van der Waals surface area contributed by atoms with Gasteiger partial charge in [-0.15, -0.1) is 0 Å². The fourth-order valence-electron chi connectivity index (χ4n) is 2.37. The van der Waals surface area contributed by atoms with Gasteiger partial charge in [0.25, 0.3) is 0 Å². The molecule has 1 aliphatic heterocycles. The molecule has 10 heteroatoms. The number of rotatable bonds is 6. The Balaban J connectivity index is 1.78. The van der Waals surface area contributed by atoms with E-state index in [1.54, 1.807) is 12.3 Å². The van der Waals surface area contributed by atoms with E-state index in [0.717, 1.165) is 11.8 Å². The maximum atomic E-state index is 12.3. The summed E-state index contributed by atoms with van der Waals surface area (Å²) in [4.78, 5) is 20.7. The third kappa shape index (κ3) is 3.59. The molecule has 2 aromatic rings. The number of nitrogens with zero attached hydrogens (tertiary/aromatic N) is 3. The Hall–Kier alpha value is -2.75. The lowest BCUT2D eigenvalue weighted by Gasteiger charge is -2.10. The number of nitroso groups, excluding NO2 is 1. The summed E-state index contributed by atoms with van der Waals surface area (Å²) >= 11 is 1.15. The lowest BCUT2D eigenvalue weighted by Crippen LogP contribution is -2.06. The van der Waals surface area contributed by atoms with Gasteiger partial charge in [0.05, 0.1) is 25.7 Å². The third-order valence-corrected chi connectivity index (χ3v) is 4.42. The molecule has 0 atom stereocenters. The summed E-state index contributed by atoms with van der Waals surface area (Å²) in [5.74, 6) is 1.26. The Kier molecular flexibility index (Phi) is 5.31. The van der Waals surface area contributed by atoms with E-state index >= 15 is 0 Å². The smallest absolute Gasteiger partial charge is 0.404 e. The molecule has 7 nitrogen and oxygen atoms in total. The molecular weight excluding hydrogens is 368 g/mol. The minimum Gasteiger partial charge on any atom is -0.493 e. The van der Waals surface area contributed by atoms with Crippen molar-refractivity contribution < 1.29 is 27.8 Å². The predicted octanol–water partition coefficient (Wildman–Crippen LogP) is 4.05. The first-order valence-corrected chi connectivity index (χ1v) is 8.35. The van der Waals surface area contributed by atoms with Gasteiger partial charge in [-0.05, 0) is 28.9 Å². The fourth-order valence-corrected chi connectivity index (χ4v) is 3.22. The molecule has 0 amide bonds. The van der Waals surface area contributed by atoms with Crippen LogP contribution in [-0.2, 0) is 5.75 Å². The maximum Gasteiger partial charge on any atom is 0.404 e. The Morgan fingerprint density at radius 3 is 2.73 bits per heavy atom. The number of pyridine rings is 1. The average Bonchev–Trinajstić information content (AvgIpc) is 2.94. The summed E-state index contributed by atoms with van der Waals surface area (Å²) < 4.78 is 40.1. The molecule has 26 heavy (non-hydrogen) atoms. The van der Waals surface area contributed by atoms with Crippen molar-refractivity contribution in [2.45, 2.75) is 12.4 Å². The van der Waals surface area contributed by atoms with Crippen LogP contribution in [0.2, 0.25) is 0 Å². The second-order valence-electron chi connectivity index (χ2n) is 5.00. The molecule has 1 aliphatic rings. The summed E-state index contributed by atoms with van der Waals surface area (Å²) in [6, 6.07) is 5.65. The quantitative estimate of drug-likeness (QED) is 0.702. The Bertz CT molecular complexity index is 877. The van der Waals surface area contributed by atoms with Crippen molar-refractivity contribution >= 4 is 28.3 Å². The van der Waals surface area contributed by atoms with Crippen LogP contribution in [0.4, 0.5) is 20.2 Å². The summed E-state index contributed by atoms with van der Waals surface area (Å²) in [5, 5.41) is 0.167. The number of hydrogen-bond acceptors (Lipinski definition) is 7. The predicted molar refractivity (Wildman–Crippen MR) is 92.1 cm³/mol. The van der Waals surface area contributed by atoms with Gasteiger partial charge in [-0.2, -0.15) is 8.78 Å². The summed E-state index contributed by atoms with van der Waals surface area (Å²) in [5.41, 5.74) is 1.12. The Morgan fingerprint density at radius 1 is 1.23 bits per heavy atom. The minimum absolute atomic E-state index is 0.0571. The van der Waals surface area contributed by atoms with Gasteiger partial charge < -0.3 is 14.2 Å². The van der Waals surface area contributed by atoms with Gasteiger partial charge in [-0.25, -0.2) is 0 Å². The number of thioether (sulfide) groups is 1. The first-order chi connectivity index (χ1) is 12.5. The van der Waals surface area contributed by atoms with Crippen LogP contribution < -0.4 is 14.2 Å². The highest BCUT2D eigenvalue weighted by molar-refractivity contribution is 8.12. The number of halogens is 2. The summed E-state index contributed by atoms with van der Waals surface area (Å²) in [6.07, 6.45) is 1.57. The van der Waals surface area contributed by atoms with Crippen LogP contribution >= 0.6 is 11.8 Å². The Labute approximate surface area is 151 Å². The number of aromatic nitrogens is 1. The van der Waals surface area contributed by atoms with Crippen LogP contribution in [0.15, 0.2) is 35.5 Å². The van der Waals surface area contributed by atoms with Crippen molar-refractivity contribution in [2.24, 2.45) is 4.99 Å². The van der Waals surface area contributed by atoms with Crippen LogP contribution in [0.1, 0.15) is 5.69 Å². The fraction of sp³-hybridized carbons (Fsp3) is 0.250. The van der Waals surface area contributed by atoms with E-state index in [4.69, 9.17) is 9.47 Å². The molecule has 0 bridgehead atoms. The van der Waals surface area contributed by atoms with E-state index in [-0.39, 0.29) is 22.3 Å². The Morgan fingerprint density at radius 2 is 2.04 bits per heavy atom. The topological polar surface area (TPSA) is 73.0 Å². The highest BCUT2D eigenvalue weighted by Crippen LogP contribution is 2.40. The van der Waals surface area contributed by atoms with E-state index in [9.17, 15) is 13.7 Å². The highest BCUT2D eigenvalue weighted by atomic mass is 32.2. The molecule has 0 saturated carbocycles.